The molecule has 1 saturated carbocycles. The van der Waals surface area contributed by atoms with Gasteiger partial charge < -0.3 is 30.7 Å². The highest BCUT2D eigenvalue weighted by molar-refractivity contribution is 6.21. The third-order valence-electron chi connectivity index (χ3n) is 12.6. The molecular formula is C60H114N4O5. The van der Waals surface area contributed by atoms with Crippen molar-refractivity contribution in [3.63, 3.8) is 0 Å². The average molecular weight is 972 g/mol. The van der Waals surface area contributed by atoms with Crippen LogP contribution in [0.1, 0.15) is 249 Å². The van der Waals surface area contributed by atoms with Crippen LogP contribution in [0.25, 0.3) is 0 Å². The molecule has 0 saturated heterocycles. The molecule has 2 rings (SSSR count). The van der Waals surface area contributed by atoms with Crippen LogP contribution in [0.15, 0.2) is 46.8 Å². The molecule has 9 nitrogen and oxygen atoms in total. The Bertz CT molecular complexity index is 1300. The van der Waals surface area contributed by atoms with Gasteiger partial charge in [-0.15, -0.1) is 0 Å². The van der Waals surface area contributed by atoms with E-state index in [2.05, 4.69) is 55.9 Å². The second-order valence-electron chi connectivity index (χ2n) is 18.7. The van der Waals surface area contributed by atoms with Crippen LogP contribution >= 0.6 is 0 Å². The van der Waals surface area contributed by atoms with E-state index in [-0.39, 0.29) is 17.5 Å². The van der Waals surface area contributed by atoms with E-state index in [0.29, 0.717) is 37.1 Å². The highest BCUT2D eigenvalue weighted by Gasteiger charge is 2.47. The Morgan fingerprint density at radius 2 is 0.942 bits per heavy atom. The zero-order valence-electron chi connectivity index (χ0n) is 47.2. The number of methoxy groups -OCH3 is 1. The van der Waals surface area contributed by atoms with Gasteiger partial charge in [-0.3, -0.25) is 14.4 Å². The molecule has 0 aromatic rings. The summed E-state index contributed by atoms with van der Waals surface area (Å²) in [5, 5.41) is 13.4. The smallest absolute Gasteiger partial charge is 0.307 e. The van der Waals surface area contributed by atoms with Crippen molar-refractivity contribution in [2.24, 2.45) is 11.8 Å². The van der Waals surface area contributed by atoms with E-state index in [1.807, 2.05) is 45.9 Å². The summed E-state index contributed by atoms with van der Waals surface area (Å²) < 4.78 is 10.4. The Balaban J connectivity index is 0. The zero-order valence-corrected chi connectivity index (χ0v) is 47.2. The van der Waals surface area contributed by atoms with Crippen molar-refractivity contribution in [3.05, 3.63) is 46.8 Å². The molecule has 404 valence electrons. The molecule has 0 aliphatic heterocycles. The first-order valence-electron chi connectivity index (χ1n) is 29.2. The molecular weight excluding hydrogens is 857 g/mol. The molecule has 0 radical (unpaired) electrons. The van der Waals surface area contributed by atoms with Gasteiger partial charge in [0.2, 0.25) is 0 Å². The lowest BCUT2D eigenvalue weighted by molar-refractivity contribution is -0.143. The minimum atomic E-state index is -0.511. The van der Waals surface area contributed by atoms with E-state index in [4.69, 9.17) is 9.47 Å². The number of carbonyl (C=O) groups is 3. The van der Waals surface area contributed by atoms with Gasteiger partial charge in [-0.1, -0.05) is 196 Å². The van der Waals surface area contributed by atoms with E-state index >= 15 is 0 Å². The molecule has 0 aromatic carbocycles. The van der Waals surface area contributed by atoms with Crippen LogP contribution in [0, 0.1) is 11.8 Å². The molecule has 0 amide bonds. The number of rotatable bonds is 41. The topological polar surface area (TPSA) is 118 Å². The van der Waals surface area contributed by atoms with Crippen LogP contribution in [0.5, 0.6) is 0 Å². The van der Waals surface area contributed by atoms with Gasteiger partial charge in [0.05, 0.1) is 24.9 Å². The largest absolute Gasteiger partial charge is 0.466 e. The molecule has 69 heavy (non-hydrogen) atoms. The van der Waals surface area contributed by atoms with Gasteiger partial charge >= 0.3 is 5.97 Å². The third kappa shape index (κ3) is 36.8. The molecule has 2 aliphatic rings. The van der Waals surface area contributed by atoms with Gasteiger partial charge in [0.25, 0.3) is 0 Å². The maximum absolute atomic E-state index is 13.8. The summed E-state index contributed by atoms with van der Waals surface area (Å²) in [6, 6.07) is 0. The number of hydrogen-bond donors (Lipinski definition) is 4. The third-order valence-corrected chi connectivity index (χ3v) is 12.6. The first kappa shape index (κ1) is 68.3. The minimum absolute atomic E-state index is 0.0304. The lowest BCUT2D eigenvalue weighted by Gasteiger charge is -2.38. The first-order chi connectivity index (χ1) is 33.8. The Kier molecular flexibility index (Phi) is 52.5. The Hall–Kier alpha value is -2.75. The molecule has 2 unspecified atom stereocenters. The maximum atomic E-state index is 13.8. The van der Waals surface area contributed by atoms with Crippen LogP contribution in [-0.4, -0.2) is 77.1 Å². The zero-order chi connectivity index (χ0) is 51.4. The van der Waals surface area contributed by atoms with Crippen molar-refractivity contribution in [3.8, 4) is 0 Å². The summed E-state index contributed by atoms with van der Waals surface area (Å²) >= 11 is 0. The van der Waals surface area contributed by atoms with Crippen LogP contribution in [0.2, 0.25) is 0 Å². The van der Waals surface area contributed by atoms with Gasteiger partial charge in [0.1, 0.15) is 0 Å². The molecule has 9 heteroatoms. The molecule has 4 N–H and O–H groups in total. The predicted octanol–water partition coefficient (Wildman–Crippen LogP) is 15.0. The maximum Gasteiger partial charge on any atom is 0.307 e. The summed E-state index contributed by atoms with van der Waals surface area (Å²) in [5.41, 5.74) is 2.80. The Morgan fingerprint density at radius 1 is 0.507 bits per heavy atom. The highest BCUT2D eigenvalue weighted by atomic mass is 16.5. The molecule has 2 atom stereocenters. The summed E-state index contributed by atoms with van der Waals surface area (Å²) in [4.78, 5) is 39.3. The van der Waals surface area contributed by atoms with Gasteiger partial charge in [-0.25, -0.2) is 0 Å². The Morgan fingerprint density at radius 3 is 1.36 bits per heavy atom. The fourth-order valence-corrected chi connectivity index (χ4v) is 8.60. The minimum Gasteiger partial charge on any atom is -0.466 e. The van der Waals surface area contributed by atoms with E-state index in [9.17, 15) is 14.4 Å². The van der Waals surface area contributed by atoms with E-state index in [1.54, 1.807) is 13.2 Å². The van der Waals surface area contributed by atoms with Gasteiger partial charge in [0, 0.05) is 55.9 Å². The van der Waals surface area contributed by atoms with Crippen LogP contribution in [0.4, 0.5) is 0 Å². The van der Waals surface area contributed by atoms with Crippen molar-refractivity contribution in [1.82, 2.24) is 21.3 Å². The van der Waals surface area contributed by atoms with Crippen molar-refractivity contribution >= 4 is 17.5 Å². The molecule has 0 heterocycles. The summed E-state index contributed by atoms with van der Waals surface area (Å²) in [6.07, 6.45) is 43.6. The average Bonchev–Trinajstić information content (AvgIpc) is 3.36. The van der Waals surface area contributed by atoms with E-state index < -0.39 is 11.8 Å². The predicted molar refractivity (Wildman–Crippen MR) is 299 cm³/mol. The number of ether oxygens (including phenoxy) is 2. The summed E-state index contributed by atoms with van der Waals surface area (Å²) in [6.45, 7) is 25.6. The normalized spacial score (nSPS) is 16.3. The van der Waals surface area contributed by atoms with Crippen molar-refractivity contribution in [1.29, 1.82) is 0 Å². The fraction of sp³-hybridized carbons (Fsp3) is 0.817. The van der Waals surface area contributed by atoms with Crippen molar-refractivity contribution < 1.29 is 23.9 Å². The number of hydrogen-bond acceptors (Lipinski definition) is 9. The lowest BCUT2D eigenvalue weighted by atomic mass is 9.67. The number of nitrogens with one attached hydrogen (secondary N) is 4. The van der Waals surface area contributed by atoms with E-state index in [1.165, 1.54) is 122 Å². The van der Waals surface area contributed by atoms with Crippen LogP contribution in [-0.2, 0) is 23.9 Å². The number of fused-ring (bicyclic) bond motifs is 1. The molecule has 1 fully saturated rings. The van der Waals surface area contributed by atoms with Crippen LogP contribution in [0.3, 0.4) is 0 Å². The number of unbranched alkanes of at least 4 members (excludes halogenated alkanes) is 22. The number of ketones is 2. The summed E-state index contributed by atoms with van der Waals surface area (Å²) in [5.74, 6) is -1.09. The lowest BCUT2D eigenvalue weighted by Crippen LogP contribution is -2.47. The van der Waals surface area contributed by atoms with Gasteiger partial charge in [-0.2, -0.15) is 0 Å². The van der Waals surface area contributed by atoms with Crippen molar-refractivity contribution in [2.45, 2.75) is 249 Å². The Labute approximate surface area is 427 Å². The monoisotopic (exact) mass is 971 g/mol. The molecule has 0 bridgehead atoms. The standard InChI is InChI=1S/C34H55N3O4.C19H40O.C5H13N.C2H6/c1-5-9-11-14-22-36-28-18-19-29(32-31(28)33(39)26(8-4)27(17-7-3)34(32)40)37-23-15-12-13-16-25-41-30(38)20-24-35-21-10-6-2;1-3-4-5-6-7-8-9-10-11-12-13-14-15-16-17-18-19-20-2;1-3-5-6-4-2;1-2/h8,17-19,31-32,35-37H,5-7,9-16,20-25H2,1-4H3;3-19H2,1-2H3;6H,3-5H2,1-2H3;1-2H3/b26-8+,27-17+;;;. The molecule has 2 aliphatic carbocycles. The number of Topliss-reactive ketones (excluding diaryl/α,β-unsaturated/α-hetero) is 2. The van der Waals surface area contributed by atoms with Gasteiger partial charge in [-0.05, 0) is 90.1 Å². The number of carbonyl (C=O) groups excluding carboxylic acids is 3. The van der Waals surface area contributed by atoms with Crippen LogP contribution < -0.4 is 21.3 Å². The van der Waals surface area contributed by atoms with Crippen molar-refractivity contribution in [2.75, 3.05) is 59.6 Å². The van der Waals surface area contributed by atoms with Gasteiger partial charge in [0.15, 0.2) is 11.6 Å². The molecule has 0 aromatic heterocycles. The number of esters is 1. The van der Waals surface area contributed by atoms with E-state index in [0.717, 1.165) is 102 Å². The molecule has 0 spiro atoms. The fourth-order valence-electron chi connectivity index (χ4n) is 8.60. The second kappa shape index (κ2) is 53.1. The first-order valence-corrected chi connectivity index (χ1v) is 29.2. The SMILES string of the molecule is C/C=C1/C(=O)C2C(NCCCCCC)=CC=C(NCCCCCCOC(=O)CCNCCCC)C2C(=O)/C1=C/CC.CC.CCCCCCCCCCCCCCCCCCOC.CCCNCC. The second-order valence-corrected chi connectivity index (χ2v) is 18.7. The number of allylic oxidation sites excluding steroid dienone is 8. The quantitative estimate of drug-likeness (QED) is 0.0270. The summed E-state index contributed by atoms with van der Waals surface area (Å²) in [7, 11) is 1.80. The highest BCUT2D eigenvalue weighted by Crippen LogP contribution is 2.41.